The third-order valence-electron chi connectivity index (χ3n) is 3.63. The molecule has 3 amide bonds. The largest absolute Gasteiger partial charge is 0.469 e. The molecule has 0 saturated heterocycles. The van der Waals surface area contributed by atoms with Crippen LogP contribution in [0.4, 0.5) is 9.59 Å². The van der Waals surface area contributed by atoms with Crippen molar-refractivity contribution in [2.75, 3.05) is 26.8 Å². The van der Waals surface area contributed by atoms with Gasteiger partial charge < -0.3 is 25.4 Å². The molecule has 2 aromatic heterocycles. The SMILES string of the molecule is COC(=O)CCNC(=O)NCCOC(=O)NC(Cc1cccs1)c1cccs1. The standard InChI is InChI=1S/C18H23N3O5S2/c1-25-16(22)6-7-19-17(23)20-8-9-26-18(24)21-14(15-5-3-11-28-15)12-13-4-2-10-27-13/h2-5,10-11,14H,6-9,12H2,1H3,(H,21,24)(H2,19,20,23). The number of ether oxygens (including phenoxy) is 2. The first kappa shape index (κ1) is 21.7. The van der Waals surface area contributed by atoms with E-state index in [1.165, 1.54) is 12.0 Å². The van der Waals surface area contributed by atoms with E-state index in [0.717, 1.165) is 4.88 Å². The second-order valence-corrected chi connectivity index (χ2v) is 7.65. The predicted molar refractivity (Wildman–Crippen MR) is 108 cm³/mol. The van der Waals surface area contributed by atoms with Gasteiger partial charge in [0.05, 0.1) is 26.1 Å². The van der Waals surface area contributed by atoms with Gasteiger partial charge in [0.1, 0.15) is 6.61 Å². The molecule has 2 heterocycles. The Morgan fingerprint density at radius 1 is 1.07 bits per heavy atom. The van der Waals surface area contributed by atoms with E-state index in [-0.39, 0.29) is 32.2 Å². The quantitative estimate of drug-likeness (QED) is 0.401. The molecule has 3 N–H and O–H groups in total. The highest BCUT2D eigenvalue weighted by Gasteiger charge is 2.17. The molecular weight excluding hydrogens is 402 g/mol. The van der Waals surface area contributed by atoms with Crippen molar-refractivity contribution in [2.45, 2.75) is 18.9 Å². The highest BCUT2D eigenvalue weighted by molar-refractivity contribution is 7.10. The number of rotatable bonds is 10. The van der Waals surface area contributed by atoms with Gasteiger partial charge in [0, 0.05) is 22.7 Å². The van der Waals surface area contributed by atoms with Gasteiger partial charge in [0.2, 0.25) is 0 Å². The lowest BCUT2D eigenvalue weighted by molar-refractivity contribution is -0.140. The van der Waals surface area contributed by atoms with Gasteiger partial charge in [-0.15, -0.1) is 22.7 Å². The maximum atomic E-state index is 12.1. The van der Waals surface area contributed by atoms with Gasteiger partial charge in [-0.05, 0) is 22.9 Å². The predicted octanol–water partition coefficient (Wildman–Crippen LogP) is 2.68. The summed E-state index contributed by atoms with van der Waals surface area (Å²) in [7, 11) is 1.29. The van der Waals surface area contributed by atoms with E-state index in [9.17, 15) is 14.4 Å². The molecule has 10 heteroatoms. The van der Waals surface area contributed by atoms with Gasteiger partial charge in [0.15, 0.2) is 0 Å². The van der Waals surface area contributed by atoms with Gasteiger partial charge >= 0.3 is 18.1 Å². The lowest BCUT2D eigenvalue weighted by atomic mass is 10.1. The first-order valence-corrected chi connectivity index (χ1v) is 10.4. The molecule has 0 aliphatic carbocycles. The van der Waals surface area contributed by atoms with E-state index in [2.05, 4.69) is 20.7 Å². The van der Waals surface area contributed by atoms with Crippen molar-refractivity contribution in [1.82, 2.24) is 16.0 Å². The summed E-state index contributed by atoms with van der Waals surface area (Å²) in [6.45, 7) is 0.365. The molecule has 0 aromatic carbocycles. The van der Waals surface area contributed by atoms with Crippen LogP contribution in [-0.4, -0.2) is 44.9 Å². The van der Waals surface area contributed by atoms with Crippen molar-refractivity contribution in [2.24, 2.45) is 0 Å². The molecule has 0 radical (unpaired) electrons. The van der Waals surface area contributed by atoms with Crippen LogP contribution in [0, 0.1) is 0 Å². The molecule has 0 bridgehead atoms. The fourth-order valence-electron chi connectivity index (χ4n) is 2.28. The number of carbonyl (C=O) groups is 3. The molecule has 2 aromatic rings. The number of alkyl carbamates (subject to hydrolysis) is 1. The summed E-state index contributed by atoms with van der Waals surface area (Å²) < 4.78 is 9.62. The van der Waals surface area contributed by atoms with Crippen LogP contribution >= 0.6 is 22.7 Å². The molecule has 0 aliphatic rings. The van der Waals surface area contributed by atoms with E-state index in [0.29, 0.717) is 6.42 Å². The Hall–Kier alpha value is -2.59. The summed E-state index contributed by atoms with van der Waals surface area (Å²) in [6.07, 6.45) is 0.244. The third kappa shape index (κ3) is 7.97. The lowest BCUT2D eigenvalue weighted by Crippen LogP contribution is -2.39. The summed E-state index contributed by atoms with van der Waals surface area (Å²) in [4.78, 5) is 36.8. The molecule has 0 fully saturated rings. The highest BCUT2D eigenvalue weighted by Crippen LogP contribution is 2.25. The second-order valence-electron chi connectivity index (χ2n) is 5.64. The van der Waals surface area contributed by atoms with Crippen molar-refractivity contribution in [3.8, 4) is 0 Å². The fraction of sp³-hybridized carbons (Fsp3) is 0.389. The number of amides is 3. The zero-order valence-electron chi connectivity index (χ0n) is 15.4. The fourth-order valence-corrected chi connectivity index (χ4v) is 3.81. The summed E-state index contributed by atoms with van der Waals surface area (Å²) >= 11 is 3.21. The Morgan fingerprint density at radius 3 is 2.50 bits per heavy atom. The third-order valence-corrected chi connectivity index (χ3v) is 5.51. The van der Waals surface area contributed by atoms with Gasteiger partial charge in [-0.3, -0.25) is 4.79 Å². The van der Waals surface area contributed by atoms with Crippen LogP contribution in [0.25, 0.3) is 0 Å². The molecule has 0 aliphatic heterocycles. The van der Waals surface area contributed by atoms with Crippen molar-refractivity contribution in [1.29, 1.82) is 0 Å². The average molecular weight is 426 g/mol. The van der Waals surface area contributed by atoms with Crippen molar-refractivity contribution in [3.05, 3.63) is 44.8 Å². The van der Waals surface area contributed by atoms with Crippen LogP contribution in [0.3, 0.4) is 0 Å². The number of thiophene rings is 2. The molecule has 1 atom stereocenters. The number of hydrogen-bond donors (Lipinski definition) is 3. The Bertz CT molecular complexity index is 735. The van der Waals surface area contributed by atoms with E-state index >= 15 is 0 Å². The van der Waals surface area contributed by atoms with Crippen LogP contribution in [0.2, 0.25) is 0 Å². The molecule has 28 heavy (non-hydrogen) atoms. The molecule has 2 rings (SSSR count). The normalized spacial score (nSPS) is 11.3. The van der Waals surface area contributed by atoms with Crippen LogP contribution in [0.15, 0.2) is 35.0 Å². The zero-order chi connectivity index (χ0) is 20.2. The maximum absolute atomic E-state index is 12.1. The maximum Gasteiger partial charge on any atom is 0.407 e. The summed E-state index contributed by atoms with van der Waals surface area (Å²) in [5.74, 6) is -0.400. The van der Waals surface area contributed by atoms with Crippen LogP contribution in [-0.2, 0) is 20.7 Å². The van der Waals surface area contributed by atoms with Crippen molar-refractivity contribution < 1.29 is 23.9 Å². The Balaban J connectivity index is 1.67. The van der Waals surface area contributed by atoms with Crippen molar-refractivity contribution in [3.63, 3.8) is 0 Å². The minimum absolute atomic E-state index is 0.0341. The van der Waals surface area contributed by atoms with Gasteiger partial charge in [-0.25, -0.2) is 9.59 Å². The van der Waals surface area contributed by atoms with E-state index in [1.54, 1.807) is 22.7 Å². The number of esters is 1. The summed E-state index contributed by atoms with van der Waals surface area (Å²) in [5.41, 5.74) is 0. The van der Waals surface area contributed by atoms with Gasteiger partial charge in [-0.1, -0.05) is 12.1 Å². The van der Waals surface area contributed by atoms with E-state index in [1.807, 2.05) is 35.0 Å². The first-order chi connectivity index (χ1) is 13.6. The van der Waals surface area contributed by atoms with Crippen LogP contribution < -0.4 is 16.0 Å². The minimum Gasteiger partial charge on any atom is -0.469 e. The smallest absolute Gasteiger partial charge is 0.407 e. The molecular formula is C18H23N3O5S2. The number of urea groups is 1. The Labute approximate surface area is 171 Å². The van der Waals surface area contributed by atoms with Gasteiger partial charge in [-0.2, -0.15) is 0 Å². The van der Waals surface area contributed by atoms with E-state index in [4.69, 9.17) is 4.74 Å². The van der Waals surface area contributed by atoms with Crippen molar-refractivity contribution >= 4 is 40.8 Å². The highest BCUT2D eigenvalue weighted by atomic mass is 32.1. The molecule has 8 nitrogen and oxygen atoms in total. The molecule has 0 saturated carbocycles. The summed E-state index contributed by atoms with van der Waals surface area (Å²) in [5, 5.41) is 11.9. The molecule has 1 unspecified atom stereocenters. The monoisotopic (exact) mass is 425 g/mol. The minimum atomic E-state index is -0.539. The molecule has 0 spiro atoms. The molecule has 152 valence electrons. The van der Waals surface area contributed by atoms with Gasteiger partial charge in [0.25, 0.3) is 0 Å². The average Bonchev–Trinajstić information content (AvgIpc) is 3.38. The number of carbonyl (C=O) groups excluding carboxylic acids is 3. The van der Waals surface area contributed by atoms with Crippen LogP contribution in [0.5, 0.6) is 0 Å². The second kappa shape index (κ2) is 12.0. The number of hydrogen-bond acceptors (Lipinski definition) is 7. The number of nitrogens with one attached hydrogen (secondary N) is 3. The lowest BCUT2D eigenvalue weighted by Gasteiger charge is -2.17. The summed E-state index contributed by atoms with van der Waals surface area (Å²) in [6, 6.07) is 7.32. The Morgan fingerprint density at radius 2 is 1.82 bits per heavy atom. The topological polar surface area (TPSA) is 106 Å². The number of methoxy groups -OCH3 is 1. The van der Waals surface area contributed by atoms with Crippen LogP contribution in [0.1, 0.15) is 22.2 Å². The first-order valence-electron chi connectivity index (χ1n) is 8.66. The van der Waals surface area contributed by atoms with E-state index < -0.39 is 18.1 Å². The Kier molecular flexibility index (Phi) is 9.29. The zero-order valence-corrected chi connectivity index (χ0v) is 17.1.